The molecule has 1 N–H and O–H groups in total. The van der Waals surface area contributed by atoms with E-state index < -0.39 is 24.5 Å². The highest BCUT2D eigenvalue weighted by Gasteiger charge is 2.26. The molecule has 90 valence electrons. The fourth-order valence-electron chi connectivity index (χ4n) is 1.42. The molecule has 0 aromatic heterocycles. The molecule has 0 radical (unpaired) electrons. The van der Waals surface area contributed by atoms with Gasteiger partial charge in [-0.2, -0.15) is 0 Å². The molecular weight excluding hydrogens is 226 g/mol. The van der Waals surface area contributed by atoms with Gasteiger partial charge in [-0.3, -0.25) is 4.79 Å². The molecule has 1 heterocycles. The lowest BCUT2D eigenvalue weighted by molar-refractivity contribution is -0.304. The highest BCUT2D eigenvalue weighted by molar-refractivity contribution is 5.84. The lowest BCUT2D eigenvalue weighted by Gasteiger charge is -2.25. The number of carboxylic acid groups (broad SMARTS) is 1. The third-order valence-corrected chi connectivity index (χ3v) is 2.21. The molecule has 0 fully saturated rings. The smallest absolute Gasteiger partial charge is 0.265 e. The van der Waals surface area contributed by atoms with E-state index in [4.69, 9.17) is 9.47 Å². The summed E-state index contributed by atoms with van der Waals surface area (Å²) in [5.41, 5.74) is 0. The number of benzene rings is 1. The van der Waals surface area contributed by atoms with E-state index in [1.54, 1.807) is 24.3 Å². The number of hydrogen-bond acceptors (Lipinski definition) is 5. The predicted molar refractivity (Wildman–Crippen MR) is 54.4 cm³/mol. The number of amides is 1. The fraction of sp³-hybridized carbons (Fsp3) is 0.273. The Hall–Kier alpha value is -2.24. The summed E-state index contributed by atoms with van der Waals surface area (Å²) < 4.78 is 10.7. The molecule has 0 spiro atoms. The quantitative estimate of drug-likeness (QED) is 0.704. The number of hydrogen-bond donors (Lipinski definition) is 1. The van der Waals surface area contributed by atoms with E-state index in [9.17, 15) is 14.7 Å². The number of aliphatic carboxylic acids is 1. The minimum Gasteiger partial charge on any atom is -0.548 e. The highest BCUT2D eigenvalue weighted by Crippen LogP contribution is 2.30. The first-order valence-electron chi connectivity index (χ1n) is 5.03. The van der Waals surface area contributed by atoms with Gasteiger partial charge in [0.15, 0.2) is 11.5 Å². The Bertz CT molecular complexity index is 445. The molecule has 0 bridgehead atoms. The van der Waals surface area contributed by atoms with Crippen LogP contribution in [0.3, 0.4) is 0 Å². The van der Waals surface area contributed by atoms with E-state index in [1.807, 2.05) is 0 Å². The molecule has 0 saturated heterocycles. The minimum atomic E-state index is -1.35. The third kappa shape index (κ3) is 2.66. The van der Waals surface area contributed by atoms with Gasteiger partial charge in [-0.15, -0.1) is 0 Å². The second-order valence-electron chi connectivity index (χ2n) is 3.45. The average Bonchev–Trinajstić information content (AvgIpc) is 2.35. The molecule has 0 aliphatic carbocycles. The van der Waals surface area contributed by atoms with Gasteiger partial charge >= 0.3 is 0 Å². The number of carbonyl (C=O) groups is 2. The maximum absolute atomic E-state index is 11.5. The van der Waals surface area contributed by atoms with Crippen molar-refractivity contribution in [2.75, 3.05) is 13.2 Å². The van der Waals surface area contributed by atoms with Crippen molar-refractivity contribution in [3.63, 3.8) is 0 Å². The van der Waals surface area contributed by atoms with Gasteiger partial charge in [0, 0.05) is 0 Å². The van der Waals surface area contributed by atoms with Crippen LogP contribution in [-0.2, 0) is 9.59 Å². The number of rotatable bonds is 3. The van der Waals surface area contributed by atoms with E-state index >= 15 is 0 Å². The van der Waals surface area contributed by atoms with Gasteiger partial charge in [0.05, 0.1) is 12.5 Å². The summed E-state index contributed by atoms with van der Waals surface area (Å²) in [5, 5.41) is 12.4. The van der Waals surface area contributed by atoms with Gasteiger partial charge in [0.1, 0.15) is 6.61 Å². The van der Waals surface area contributed by atoms with Crippen molar-refractivity contribution in [3.8, 4) is 11.5 Å². The summed E-state index contributed by atoms with van der Waals surface area (Å²) in [5.74, 6) is -0.858. The van der Waals surface area contributed by atoms with Crippen molar-refractivity contribution in [3.05, 3.63) is 24.3 Å². The zero-order chi connectivity index (χ0) is 12.3. The molecule has 0 saturated carbocycles. The summed E-state index contributed by atoms with van der Waals surface area (Å²) in [7, 11) is 0. The molecule has 2 rings (SSSR count). The van der Waals surface area contributed by atoms with Crippen LogP contribution in [0.5, 0.6) is 11.5 Å². The SMILES string of the molecule is O=C([O-])CNC(=O)[C@H]1COc2ccccc2O1. The van der Waals surface area contributed by atoms with Crippen molar-refractivity contribution in [1.82, 2.24) is 5.32 Å². The number of fused-ring (bicyclic) bond motifs is 1. The Morgan fingerprint density at radius 1 is 1.35 bits per heavy atom. The van der Waals surface area contributed by atoms with Crippen LogP contribution in [0.2, 0.25) is 0 Å². The van der Waals surface area contributed by atoms with E-state index in [1.165, 1.54) is 0 Å². The molecule has 1 aromatic rings. The van der Waals surface area contributed by atoms with E-state index in [-0.39, 0.29) is 6.61 Å². The molecule has 1 aliphatic heterocycles. The van der Waals surface area contributed by atoms with Crippen molar-refractivity contribution in [2.24, 2.45) is 0 Å². The third-order valence-electron chi connectivity index (χ3n) is 2.21. The normalized spacial score (nSPS) is 17.3. The number of ether oxygens (including phenoxy) is 2. The van der Waals surface area contributed by atoms with Crippen LogP contribution in [0.25, 0.3) is 0 Å². The fourth-order valence-corrected chi connectivity index (χ4v) is 1.42. The molecule has 6 heteroatoms. The first-order valence-corrected chi connectivity index (χ1v) is 5.03. The van der Waals surface area contributed by atoms with Crippen molar-refractivity contribution >= 4 is 11.9 Å². The van der Waals surface area contributed by atoms with Crippen LogP contribution in [0, 0.1) is 0 Å². The van der Waals surface area contributed by atoms with Crippen molar-refractivity contribution in [2.45, 2.75) is 6.10 Å². The second-order valence-corrected chi connectivity index (χ2v) is 3.45. The first kappa shape index (κ1) is 11.3. The minimum absolute atomic E-state index is 0.0515. The Morgan fingerprint density at radius 2 is 2.06 bits per heavy atom. The molecular formula is C11H10NO5-. The zero-order valence-corrected chi connectivity index (χ0v) is 8.84. The summed E-state index contributed by atoms with van der Waals surface area (Å²) in [6.45, 7) is -0.490. The largest absolute Gasteiger partial charge is 0.548 e. The molecule has 1 amide bonds. The molecule has 17 heavy (non-hydrogen) atoms. The lowest BCUT2D eigenvalue weighted by Crippen LogP contribution is -2.47. The Labute approximate surface area is 97.1 Å². The van der Waals surface area contributed by atoms with Gasteiger partial charge < -0.3 is 24.7 Å². The van der Waals surface area contributed by atoms with Crippen LogP contribution in [0.1, 0.15) is 0 Å². The van der Waals surface area contributed by atoms with Crippen LogP contribution in [-0.4, -0.2) is 31.1 Å². The molecule has 1 aliphatic rings. The maximum Gasteiger partial charge on any atom is 0.265 e. The Kier molecular flexibility index (Phi) is 3.13. The predicted octanol–water partition coefficient (Wildman–Crippen LogP) is -1.31. The number of carbonyl (C=O) groups excluding carboxylic acids is 2. The van der Waals surface area contributed by atoms with E-state index in [0.717, 1.165) is 0 Å². The Morgan fingerprint density at radius 3 is 2.76 bits per heavy atom. The van der Waals surface area contributed by atoms with Crippen LogP contribution in [0.15, 0.2) is 24.3 Å². The molecule has 6 nitrogen and oxygen atoms in total. The zero-order valence-electron chi connectivity index (χ0n) is 8.84. The van der Waals surface area contributed by atoms with Gasteiger partial charge in [0.2, 0.25) is 6.10 Å². The van der Waals surface area contributed by atoms with Crippen LogP contribution >= 0.6 is 0 Å². The monoisotopic (exact) mass is 236 g/mol. The molecule has 1 aromatic carbocycles. The summed E-state index contributed by atoms with van der Waals surface area (Å²) in [6, 6.07) is 6.94. The van der Waals surface area contributed by atoms with Gasteiger partial charge in [0.25, 0.3) is 5.91 Å². The topological polar surface area (TPSA) is 87.7 Å². The summed E-state index contributed by atoms with van der Waals surface area (Å²) in [6.07, 6.45) is -0.843. The highest BCUT2D eigenvalue weighted by atomic mass is 16.6. The van der Waals surface area contributed by atoms with Gasteiger partial charge in [-0.1, -0.05) is 12.1 Å². The Balaban J connectivity index is 1.97. The number of carboxylic acids is 1. The molecule has 0 unspecified atom stereocenters. The van der Waals surface area contributed by atoms with E-state index in [0.29, 0.717) is 11.5 Å². The molecule has 1 atom stereocenters. The van der Waals surface area contributed by atoms with Gasteiger partial charge in [-0.05, 0) is 12.1 Å². The summed E-state index contributed by atoms with van der Waals surface area (Å²) in [4.78, 5) is 21.7. The van der Waals surface area contributed by atoms with E-state index in [2.05, 4.69) is 5.32 Å². The van der Waals surface area contributed by atoms with Crippen molar-refractivity contribution < 1.29 is 24.2 Å². The number of nitrogens with one attached hydrogen (secondary N) is 1. The van der Waals surface area contributed by atoms with Gasteiger partial charge in [-0.25, -0.2) is 0 Å². The standard InChI is InChI=1S/C11H11NO5/c13-10(14)5-12-11(15)9-6-16-7-3-1-2-4-8(7)17-9/h1-4,9H,5-6H2,(H,12,15)(H,13,14)/p-1/t9-/m1/s1. The summed E-state index contributed by atoms with van der Waals surface area (Å²) >= 11 is 0. The first-order chi connectivity index (χ1) is 8.16. The maximum atomic E-state index is 11.5. The second kappa shape index (κ2) is 4.73. The van der Waals surface area contributed by atoms with Crippen LogP contribution in [0.4, 0.5) is 0 Å². The number of para-hydroxylation sites is 2. The average molecular weight is 236 g/mol. The van der Waals surface area contributed by atoms with Crippen molar-refractivity contribution in [1.29, 1.82) is 0 Å². The lowest BCUT2D eigenvalue weighted by atomic mass is 10.2. The van der Waals surface area contributed by atoms with Crippen LogP contribution < -0.4 is 19.9 Å².